The first-order valence-electron chi connectivity index (χ1n) is 25.1. The monoisotopic (exact) mass is 861 g/mol. The number of hydrogen-bond acceptors (Lipinski definition) is 11. The van der Waals surface area contributed by atoms with Gasteiger partial charge in [0.25, 0.3) is 0 Å². The van der Waals surface area contributed by atoms with Crippen molar-refractivity contribution in [2.75, 3.05) is 59.5 Å². The molecule has 0 aromatic heterocycles. The summed E-state index contributed by atoms with van der Waals surface area (Å²) in [4.78, 5) is 0. The zero-order chi connectivity index (χ0) is 43.6. The van der Waals surface area contributed by atoms with Crippen LogP contribution >= 0.6 is 0 Å². The Labute approximate surface area is 367 Å². The van der Waals surface area contributed by atoms with E-state index in [1.807, 2.05) is 0 Å². The lowest BCUT2D eigenvalue weighted by molar-refractivity contribution is -0.198. The quantitative estimate of drug-likeness (QED) is 0.167. The largest absolute Gasteiger partial charge is 0.396 e. The molecule has 11 heteroatoms. The van der Waals surface area contributed by atoms with Crippen LogP contribution < -0.4 is 0 Å². The van der Waals surface area contributed by atoms with E-state index in [1.165, 1.54) is 122 Å². The molecule has 5 N–H and O–H groups in total. The lowest BCUT2D eigenvalue weighted by Crippen LogP contribution is -2.40. The van der Waals surface area contributed by atoms with E-state index < -0.39 is 37.3 Å². The van der Waals surface area contributed by atoms with Crippen LogP contribution in [-0.2, 0) is 28.4 Å². The Kier molecular flexibility index (Phi) is 34.2. The van der Waals surface area contributed by atoms with Crippen LogP contribution in [0, 0.1) is 23.7 Å². The molecule has 0 saturated carbocycles. The van der Waals surface area contributed by atoms with Crippen molar-refractivity contribution in [1.29, 1.82) is 0 Å². The Morgan fingerprint density at radius 1 is 0.500 bits per heavy atom. The van der Waals surface area contributed by atoms with E-state index in [0.717, 1.165) is 57.2 Å². The number of ether oxygens (including phenoxy) is 6. The summed E-state index contributed by atoms with van der Waals surface area (Å²) in [5.41, 5.74) is 0. The maximum absolute atomic E-state index is 10.5. The fraction of sp³-hybridized carbons (Fsp3) is 1.00. The molecule has 0 aromatic carbocycles. The second-order valence-electron chi connectivity index (χ2n) is 19.1. The van der Waals surface area contributed by atoms with Gasteiger partial charge in [-0.25, -0.2) is 0 Å². The van der Waals surface area contributed by atoms with Crippen molar-refractivity contribution in [1.82, 2.24) is 0 Å². The Bertz CT molecular complexity index is 945. The smallest absolute Gasteiger partial charge is 0.186 e. The molecule has 2 unspecified atom stereocenters. The van der Waals surface area contributed by atoms with E-state index in [9.17, 15) is 25.5 Å². The molecular formula is C49H96O11. The summed E-state index contributed by atoms with van der Waals surface area (Å²) in [5.74, 6) is 2.66. The molecule has 60 heavy (non-hydrogen) atoms. The van der Waals surface area contributed by atoms with Crippen molar-refractivity contribution in [3.05, 3.63) is 0 Å². The van der Waals surface area contributed by atoms with Gasteiger partial charge in [-0.05, 0) is 55.8 Å². The predicted molar refractivity (Wildman–Crippen MR) is 240 cm³/mol. The van der Waals surface area contributed by atoms with E-state index in [1.54, 1.807) is 0 Å². The number of rotatable bonds is 7. The highest BCUT2D eigenvalue weighted by atomic mass is 16.7. The second-order valence-corrected chi connectivity index (χ2v) is 19.1. The zero-order valence-electron chi connectivity index (χ0n) is 39.1. The van der Waals surface area contributed by atoms with E-state index in [2.05, 4.69) is 27.7 Å². The molecule has 0 spiro atoms. The van der Waals surface area contributed by atoms with E-state index in [-0.39, 0.29) is 25.4 Å². The lowest BCUT2D eigenvalue weighted by atomic mass is 9.89. The van der Waals surface area contributed by atoms with Gasteiger partial charge < -0.3 is 54.0 Å². The molecule has 2 saturated heterocycles. The van der Waals surface area contributed by atoms with Crippen LogP contribution in [-0.4, -0.2) is 128 Å². The number of hydrogen-bond donors (Lipinski definition) is 5. The third-order valence-corrected chi connectivity index (χ3v) is 13.0. The van der Waals surface area contributed by atoms with Crippen LogP contribution in [0.1, 0.15) is 188 Å². The molecule has 0 bridgehead atoms. The standard InChI is InChI=1S/C49H96O11/c1-39-21-19-23-41(3)28-33-57-43(27-30-50)36-55-31-17-15-13-11-9-7-5-6-8-10-12-14-16-18-32-56-37-44(58-34-29-42(4)24-20-22-40(2)26-25-39)38-59-49-47(54)46(53)48(60-49)45(52)35-51/h39-54H,5-38H2,1-4H3/t39?,40?,41-,42-,43-,44+,45-,46-,47-,48+,49-/m1/s1. The summed E-state index contributed by atoms with van der Waals surface area (Å²) >= 11 is 0. The summed E-state index contributed by atoms with van der Waals surface area (Å²) in [6, 6.07) is 0. The van der Waals surface area contributed by atoms with Gasteiger partial charge in [0.05, 0.1) is 32.5 Å². The molecule has 2 aliphatic rings. The number of aliphatic hydroxyl groups excluding tert-OH is 5. The van der Waals surface area contributed by atoms with Crippen molar-refractivity contribution in [3.63, 3.8) is 0 Å². The highest BCUT2D eigenvalue weighted by Crippen LogP contribution is 2.26. The van der Waals surface area contributed by atoms with Crippen molar-refractivity contribution < 1.29 is 54.0 Å². The van der Waals surface area contributed by atoms with Gasteiger partial charge in [0.2, 0.25) is 0 Å². The predicted octanol–water partition coefficient (Wildman–Crippen LogP) is 8.91. The molecule has 2 aliphatic heterocycles. The van der Waals surface area contributed by atoms with Gasteiger partial charge in [-0.15, -0.1) is 0 Å². The average Bonchev–Trinajstić information content (AvgIpc) is 3.52. The van der Waals surface area contributed by atoms with Gasteiger partial charge in [-0.2, -0.15) is 0 Å². The van der Waals surface area contributed by atoms with Crippen molar-refractivity contribution >= 4 is 0 Å². The van der Waals surface area contributed by atoms with Gasteiger partial charge in [-0.1, -0.05) is 156 Å². The van der Waals surface area contributed by atoms with Crippen LogP contribution in [0.15, 0.2) is 0 Å². The van der Waals surface area contributed by atoms with Crippen molar-refractivity contribution in [2.24, 2.45) is 23.7 Å². The molecule has 2 fully saturated rings. The maximum Gasteiger partial charge on any atom is 0.186 e. The number of aliphatic hydroxyl groups is 5. The molecule has 358 valence electrons. The average molecular weight is 861 g/mol. The minimum Gasteiger partial charge on any atom is -0.396 e. The lowest BCUT2D eigenvalue weighted by Gasteiger charge is -2.23. The fourth-order valence-electron chi connectivity index (χ4n) is 8.54. The fourth-order valence-corrected chi connectivity index (χ4v) is 8.54. The maximum atomic E-state index is 10.5. The first kappa shape index (κ1) is 55.7. The van der Waals surface area contributed by atoms with E-state index in [4.69, 9.17) is 28.4 Å². The zero-order valence-corrected chi connectivity index (χ0v) is 39.1. The molecule has 11 atom stereocenters. The van der Waals surface area contributed by atoms with Crippen LogP contribution in [0.25, 0.3) is 0 Å². The highest BCUT2D eigenvalue weighted by Gasteiger charge is 2.46. The SMILES string of the molecule is CC1CCC[C@@H](C)CCO[C@H](CCO)COCCCCCCCCCCCCCCCCOC[C@@H](CO[C@@H]2O[C@@H]([C@H](O)CO)[C@H](O)[C@H]2O)OCC[C@H](C)CCCC(C)CC1. The van der Waals surface area contributed by atoms with Gasteiger partial charge in [0.1, 0.15) is 30.5 Å². The van der Waals surface area contributed by atoms with Gasteiger partial charge in [0, 0.05) is 33.0 Å². The molecule has 0 aromatic rings. The summed E-state index contributed by atoms with van der Waals surface area (Å²) in [6.07, 6.45) is 23.6. The topological polar surface area (TPSA) is 157 Å². The van der Waals surface area contributed by atoms with Gasteiger partial charge in [-0.3, -0.25) is 0 Å². The van der Waals surface area contributed by atoms with E-state index >= 15 is 0 Å². The molecule has 0 amide bonds. The van der Waals surface area contributed by atoms with Gasteiger partial charge in [0.15, 0.2) is 6.29 Å². The minimum atomic E-state index is -1.36. The van der Waals surface area contributed by atoms with Crippen molar-refractivity contribution in [3.8, 4) is 0 Å². The molecular weight excluding hydrogens is 765 g/mol. The summed E-state index contributed by atoms with van der Waals surface area (Å²) in [6.45, 7) is 12.9. The third kappa shape index (κ3) is 27.7. The molecule has 0 aliphatic carbocycles. The van der Waals surface area contributed by atoms with Crippen LogP contribution in [0.2, 0.25) is 0 Å². The molecule has 11 nitrogen and oxygen atoms in total. The molecule has 0 radical (unpaired) electrons. The first-order valence-corrected chi connectivity index (χ1v) is 25.1. The highest BCUT2D eigenvalue weighted by molar-refractivity contribution is 4.90. The summed E-state index contributed by atoms with van der Waals surface area (Å²) in [7, 11) is 0. The van der Waals surface area contributed by atoms with Gasteiger partial charge >= 0.3 is 0 Å². The van der Waals surface area contributed by atoms with Crippen LogP contribution in [0.4, 0.5) is 0 Å². The molecule has 2 rings (SSSR count). The third-order valence-electron chi connectivity index (χ3n) is 13.0. The first-order chi connectivity index (χ1) is 29.1. The van der Waals surface area contributed by atoms with Crippen LogP contribution in [0.3, 0.4) is 0 Å². The Morgan fingerprint density at radius 3 is 1.37 bits per heavy atom. The minimum absolute atomic E-state index is 0.00644. The molecule has 2 heterocycles. The normalized spacial score (nSPS) is 34.4. The summed E-state index contributed by atoms with van der Waals surface area (Å²) < 4.78 is 35.9. The van der Waals surface area contributed by atoms with Crippen molar-refractivity contribution in [2.45, 2.75) is 231 Å². The Morgan fingerprint density at radius 2 is 0.917 bits per heavy atom. The Hall–Kier alpha value is -0.440. The summed E-state index contributed by atoms with van der Waals surface area (Å²) in [5, 5.41) is 49.7. The van der Waals surface area contributed by atoms with Crippen LogP contribution in [0.5, 0.6) is 0 Å². The second kappa shape index (κ2) is 36.9. The van der Waals surface area contributed by atoms with E-state index in [0.29, 0.717) is 44.7 Å². The Balaban J connectivity index is 1.80.